The van der Waals surface area contributed by atoms with Crippen LogP contribution < -0.4 is 4.52 Å². The average Bonchev–Trinajstić information content (AvgIpc) is 2.28. The molecular weight excluding hydrogens is 294 g/mol. The maximum atomic E-state index is 9.40. The van der Waals surface area contributed by atoms with Crippen LogP contribution in [0.1, 0.15) is 0 Å². The van der Waals surface area contributed by atoms with Crippen LogP contribution in [0.2, 0.25) is 0 Å². The molecule has 96 valence electrons. The third-order valence-corrected chi connectivity index (χ3v) is 3.13. The zero-order chi connectivity index (χ0) is 13.3. The summed E-state index contributed by atoms with van der Waals surface area (Å²) in [7, 11) is 0. The van der Waals surface area contributed by atoms with E-state index in [4.69, 9.17) is 27.0 Å². The molecule has 0 radical (unpaired) electrons. The molecule has 0 saturated heterocycles. The summed E-state index contributed by atoms with van der Waals surface area (Å²) in [6, 6.07) is 16.2. The summed E-state index contributed by atoms with van der Waals surface area (Å²) in [4.78, 5) is 18.8. The van der Waals surface area contributed by atoms with Gasteiger partial charge in [-0.2, -0.15) is 0 Å². The second-order valence-electron chi connectivity index (χ2n) is 3.71. The molecule has 18 heavy (non-hydrogen) atoms. The first-order valence-electron chi connectivity index (χ1n) is 5.11. The fraction of sp³-hybridized carbons (Fsp3) is 0. The Kier molecular flexibility index (Phi) is 3.54. The number of benzene rings is 2. The van der Waals surface area contributed by atoms with E-state index in [-0.39, 0.29) is 5.75 Å². The van der Waals surface area contributed by atoms with Crippen molar-refractivity contribution in [2.24, 2.45) is 0 Å². The summed E-state index contributed by atoms with van der Waals surface area (Å²) in [5.41, 5.74) is 1.54. The van der Waals surface area contributed by atoms with Crippen LogP contribution in [0.3, 0.4) is 0 Å². The first-order valence-corrected chi connectivity index (χ1v) is 8.98. The molecule has 0 aliphatic rings. The number of rotatable bonds is 3. The van der Waals surface area contributed by atoms with E-state index < -0.39 is 5.99 Å². The SMILES string of the molecule is OP(O)(Cl)(Cl)Oc1ccccc1-c1ccccc1. The summed E-state index contributed by atoms with van der Waals surface area (Å²) < 4.78 is 4.95. The van der Waals surface area contributed by atoms with E-state index in [2.05, 4.69) is 0 Å². The third kappa shape index (κ3) is 3.84. The van der Waals surface area contributed by atoms with E-state index in [1.54, 1.807) is 24.3 Å². The molecule has 0 fully saturated rings. The Morgan fingerprint density at radius 3 is 2.00 bits per heavy atom. The van der Waals surface area contributed by atoms with Gasteiger partial charge in [-0.3, -0.25) is 0 Å². The molecule has 0 bridgehead atoms. The average molecular weight is 305 g/mol. The van der Waals surface area contributed by atoms with Gasteiger partial charge in [0.05, 0.1) is 0 Å². The number of halogens is 2. The van der Waals surface area contributed by atoms with Crippen molar-refractivity contribution in [3.8, 4) is 16.9 Å². The summed E-state index contributed by atoms with van der Waals surface area (Å²) in [5, 5.41) is 0. The molecule has 2 aromatic carbocycles. The molecule has 0 spiro atoms. The van der Waals surface area contributed by atoms with Gasteiger partial charge in [0.15, 0.2) is 0 Å². The first kappa shape index (κ1) is 13.6. The zero-order valence-electron chi connectivity index (χ0n) is 9.20. The standard InChI is InChI=1S/C12H11Cl2O3P/c13-18(14,15,16)17-12-9-5-4-8-11(12)10-6-2-1-3-7-10/h1-9,15-16H. The topological polar surface area (TPSA) is 49.7 Å². The van der Waals surface area contributed by atoms with E-state index in [0.29, 0.717) is 5.56 Å². The van der Waals surface area contributed by atoms with Gasteiger partial charge in [-0.1, -0.05) is 0 Å². The first-order chi connectivity index (χ1) is 8.31. The van der Waals surface area contributed by atoms with Gasteiger partial charge in [0, 0.05) is 0 Å². The van der Waals surface area contributed by atoms with Crippen LogP contribution in [0.5, 0.6) is 5.75 Å². The predicted molar refractivity (Wildman–Crippen MR) is 75.6 cm³/mol. The van der Waals surface area contributed by atoms with E-state index in [0.717, 1.165) is 5.56 Å². The molecule has 2 aromatic rings. The number of hydrogen-bond donors (Lipinski definition) is 2. The quantitative estimate of drug-likeness (QED) is 0.830. The Morgan fingerprint density at radius 2 is 1.39 bits per heavy atom. The maximum absolute atomic E-state index is 9.40. The zero-order valence-corrected chi connectivity index (χ0v) is 11.6. The second kappa shape index (κ2) is 4.69. The predicted octanol–water partition coefficient (Wildman–Crippen LogP) is 4.32. The van der Waals surface area contributed by atoms with Crippen LogP contribution in [0.25, 0.3) is 11.1 Å². The van der Waals surface area contributed by atoms with Crippen LogP contribution in [0.4, 0.5) is 0 Å². The Morgan fingerprint density at radius 1 is 0.833 bits per heavy atom. The van der Waals surface area contributed by atoms with Gasteiger partial charge < -0.3 is 0 Å². The Balaban J connectivity index is 2.45. The fourth-order valence-electron chi connectivity index (χ4n) is 1.56. The monoisotopic (exact) mass is 304 g/mol. The molecule has 2 N–H and O–H groups in total. The molecule has 0 aliphatic carbocycles. The summed E-state index contributed by atoms with van der Waals surface area (Å²) in [6.07, 6.45) is 0. The molecular formula is C12H11Cl2O3P. The molecule has 0 aliphatic heterocycles. The van der Waals surface area contributed by atoms with Gasteiger partial charge >= 0.3 is 114 Å². The van der Waals surface area contributed by atoms with Gasteiger partial charge in [0.25, 0.3) is 0 Å². The van der Waals surface area contributed by atoms with E-state index in [1.807, 2.05) is 30.3 Å². The Hall–Kier alpha value is -0.830. The van der Waals surface area contributed by atoms with Crippen molar-refractivity contribution < 1.29 is 14.3 Å². The summed E-state index contributed by atoms with van der Waals surface area (Å²) in [6.45, 7) is 0. The number of para-hydroxylation sites is 1. The van der Waals surface area contributed by atoms with Gasteiger partial charge in [0.2, 0.25) is 0 Å². The summed E-state index contributed by atoms with van der Waals surface area (Å²) >= 11 is 10.7. The van der Waals surface area contributed by atoms with E-state index in [1.165, 1.54) is 0 Å². The van der Waals surface area contributed by atoms with Crippen molar-refractivity contribution in [1.82, 2.24) is 0 Å². The van der Waals surface area contributed by atoms with Crippen molar-refractivity contribution in [2.75, 3.05) is 0 Å². The van der Waals surface area contributed by atoms with Gasteiger partial charge in [-0.15, -0.1) is 0 Å². The second-order valence-corrected chi connectivity index (χ2v) is 9.58. The molecule has 0 unspecified atom stereocenters. The molecule has 0 aromatic heterocycles. The van der Waals surface area contributed by atoms with Crippen LogP contribution in [0, 0.1) is 0 Å². The van der Waals surface area contributed by atoms with E-state index >= 15 is 0 Å². The molecule has 3 nitrogen and oxygen atoms in total. The van der Waals surface area contributed by atoms with Crippen LogP contribution >= 0.6 is 28.5 Å². The number of hydrogen-bond acceptors (Lipinski definition) is 3. The van der Waals surface area contributed by atoms with Gasteiger partial charge in [0.1, 0.15) is 0 Å². The molecule has 0 atom stereocenters. The van der Waals surface area contributed by atoms with Crippen molar-refractivity contribution in [3.05, 3.63) is 54.6 Å². The van der Waals surface area contributed by atoms with Crippen molar-refractivity contribution in [1.29, 1.82) is 0 Å². The normalized spacial score (nSPS) is 13.7. The molecule has 0 heterocycles. The van der Waals surface area contributed by atoms with Crippen molar-refractivity contribution >= 4 is 28.5 Å². The van der Waals surface area contributed by atoms with E-state index in [9.17, 15) is 9.79 Å². The van der Waals surface area contributed by atoms with Gasteiger partial charge in [-0.25, -0.2) is 0 Å². The van der Waals surface area contributed by atoms with Crippen molar-refractivity contribution in [2.45, 2.75) is 0 Å². The summed E-state index contributed by atoms with van der Waals surface area (Å²) in [5.74, 6) is -4.86. The van der Waals surface area contributed by atoms with Crippen LogP contribution in [-0.2, 0) is 0 Å². The minimum atomic E-state index is -5.08. The van der Waals surface area contributed by atoms with Crippen LogP contribution in [0.15, 0.2) is 54.6 Å². The van der Waals surface area contributed by atoms with Crippen LogP contribution in [-0.4, -0.2) is 9.79 Å². The molecule has 0 amide bonds. The minimum absolute atomic E-state index is 0.219. The molecule has 0 saturated carbocycles. The fourth-order valence-corrected chi connectivity index (χ4v) is 2.49. The Bertz CT molecular complexity index is 543. The molecule has 6 heteroatoms. The van der Waals surface area contributed by atoms with Gasteiger partial charge in [-0.05, 0) is 0 Å². The Labute approximate surface area is 114 Å². The third-order valence-electron chi connectivity index (χ3n) is 2.22. The molecule has 2 rings (SSSR count). The van der Waals surface area contributed by atoms with Crippen molar-refractivity contribution in [3.63, 3.8) is 0 Å².